The normalized spacial score (nSPS) is 4.73. The van der Waals surface area contributed by atoms with Crippen molar-refractivity contribution in [3.05, 3.63) is 0 Å². The van der Waals surface area contributed by atoms with Crippen LogP contribution in [-0.4, -0.2) is 17.8 Å². The van der Waals surface area contributed by atoms with E-state index in [-0.39, 0.29) is 94.1 Å². The third-order valence-corrected chi connectivity index (χ3v) is 0.167. The largest absolute Gasteiger partial charge is 1.00 e. The molecule has 0 aliphatic heterocycles. The maximum Gasteiger partial charge on any atom is 1.00 e. The topological polar surface area (TPSA) is 119 Å². The van der Waals surface area contributed by atoms with E-state index in [0.717, 1.165) is 0 Å². The predicted molar refractivity (Wildman–Crippen MR) is 13.8 cm³/mol. The van der Waals surface area contributed by atoms with Gasteiger partial charge in [-0.25, -0.2) is 0 Å². The van der Waals surface area contributed by atoms with E-state index in [1.165, 1.54) is 0 Å². The van der Waals surface area contributed by atoms with Crippen molar-refractivity contribution < 1.29 is 119 Å². The molecule has 9 heteroatoms. The minimum atomic E-state index is -2.12. The van der Waals surface area contributed by atoms with Gasteiger partial charge in [0.1, 0.15) is 0 Å². The molecule has 0 aliphatic rings. The minimum Gasteiger partial charge on any atom is -0.870 e. The SMILES string of the molecule is O=C([O-])OC(=O)[O-].[Na+].[Na+].[Na+].[OH-]. The van der Waals surface area contributed by atoms with Crippen molar-refractivity contribution in [2.24, 2.45) is 0 Å². The van der Waals surface area contributed by atoms with Crippen LogP contribution < -0.4 is 98.9 Å². The molecule has 0 saturated carbocycles. The van der Waals surface area contributed by atoms with Gasteiger partial charge in [-0.1, -0.05) is 0 Å². The molecule has 0 saturated heterocycles. The van der Waals surface area contributed by atoms with Gasteiger partial charge in [-0.3, -0.25) is 0 Å². The van der Waals surface area contributed by atoms with Crippen LogP contribution in [0.2, 0.25) is 0 Å². The van der Waals surface area contributed by atoms with Gasteiger partial charge >= 0.3 is 88.7 Å². The molecule has 1 N–H and O–H groups in total. The summed E-state index contributed by atoms with van der Waals surface area (Å²) in [7, 11) is 0. The average molecular weight is 190 g/mol. The van der Waals surface area contributed by atoms with Crippen LogP contribution in [0.3, 0.4) is 0 Å². The van der Waals surface area contributed by atoms with Gasteiger partial charge in [-0.05, 0) is 0 Å². The van der Waals surface area contributed by atoms with Gasteiger partial charge in [0, 0.05) is 0 Å². The summed E-state index contributed by atoms with van der Waals surface area (Å²) in [5.41, 5.74) is 0. The summed E-state index contributed by atoms with van der Waals surface area (Å²) in [6, 6.07) is 0. The Morgan fingerprint density at radius 1 is 0.909 bits per heavy atom. The number of hydrogen-bond acceptors (Lipinski definition) is 6. The Balaban J connectivity index is -0.0000000300. The van der Waals surface area contributed by atoms with Crippen LogP contribution >= 0.6 is 0 Å². The molecule has 0 rings (SSSR count). The van der Waals surface area contributed by atoms with Gasteiger partial charge in [0.15, 0.2) is 0 Å². The molecule has 48 valence electrons. The fourth-order valence-electron chi connectivity index (χ4n) is 0.0680. The van der Waals surface area contributed by atoms with E-state index >= 15 is 0 Å². The molecule has 0 amide bonds. The number of ether oxygens (including phenoxy) is 1. The zero-order chi connectivity index (χ0) is 5.86. The second-order valence-corrected chi connectivity index (χ2v) is 0.602. The summed E-state index contributed by atoms with van der Waals surface area (Å²) >= 11 is 0. The maximum atomic E-state index is 9.06. The summed E-state index contributed by atoms with van der Waals surface area (Å²) in [5, 5.41) is 18.1. The summed E-state index contributed by atoms with van der Waals surface area (Å²) in [6.07, 6.45) is -4.25. The van der Waals surface area contributed by atoms with Crippen molar-refractivity contribution in [2.75, 3.05) is 0 Å². The number of carbonyl (C=O) groups is 2. The molecule has 0 unspecified atom stereocenters. The van der Waals surface area contributed by atoms with E-state index in [1.54, 1.807) is 0 Å². The molecule has 0 aliphatic carbocycles. The molecule has 11 heavy (non-hydrogen) atoms. The first-order chi connectivity index (χ1) is 3.13. The first-order valence-corrected chi connectivity index (χ1v) is 1.22. The summed E-state index contributed by atoms with van der Waals surface area (Å²) < 4.78 is 2.86. The van der Waals surface area contributed by atoms with Gasteiger partial charge in [0.05, 0.1) is 0 Å². The maximum absolute atomic E-state index is 9.06. The summed E-state index contributed by atoms with van der Waals surface area (Å²) in [4.78, 5) is 18.1. The van der Waals surface area contributed by atoms with Crippen molar-refractivity contribution in [1.82, 2.24) is 0 Å². The number of carbonyl (C=O) groups excluding carboxylic acids is 2. The Labute approximate surface area is 129 Å². The molecule has 0 aromatic rings. The molecule has 0 bridgehead atoms. The average Bonchev–Trinajstić information content (AvgIpc) is 1.27. The Bertz CT molecular complexity index is 92.0. The molecule has 0 fully saturated rings. The molecule has 0 atom stereocenters. The monoisotopic (exact) mass is 190 g/mol. The first-order valence-electron chi connectivity index (χ1n) is 1.22. The van der Waals surface area contributed by atoms with Crippen LogP contribution in [0.5, 0.6) is 0 Å². The molecule has 0 spiro atoms. The second-order valence-electron chi connectivity index (χ2n) is 0.602. The van der Waals surface area contributed by atoms with Crippen molar-refractivity contribution >= 4 is 12.3 Å². The zero-order valence-corrected chi connectivity index (χ0v) is 12.5. The van der Waals surface area contributed by atoms with Crippen molar-refractivity contribution in [3.8, 4) is 0 Å². The fourth-order valence-corrected chi connectivity index (χ4v) is 0.0680. The molecular formula is C2HNa3O6. The van der Waals surface area contributed by atoms with E-state index in [0.29, 0.717) is 0 Å². The van der Waals surface area contributed by atoms with Gasteiger partial charge in [-0.2, -0.15) is 0 Å². The Morgan fingerprint density at radius 3 is 1.09 bits per heavy atom. The standard InChI is InChI=1S/C2H2O5.3Na.H2O/c3-1(4)7-2(5)6;;;;/h(H,3,4)(H,5,6);;;;1H2/q;3*+1;/p-3. The van der Waals surface area contributed by atoms with E-state index in [4.69, 9.17) is 19.8 Å². The predicted octanol–water partition coefficient (Wildman–Crippen LogP) is -11.5. The minimum absolute atomic E-state index is 0. The molecule has 0 aromatic carbocycles. The van der Waals surface area contributed by atoms with Crippen LogP contribution in [0.1, 0.15) is 0 Å². The Kier molecular flexibility index (Phi) is 47.2. The molecule has 6 nitrogen and oxygen atoms in total. The Morgan fingerprint density at radius 2 is 1.09 bits per heavy atom. The van der Waals surface area contributed by atoms with Crippen LogP contribution in [0, 0.1) is 0 Å². The smallest absolute Gasteiger partial charge is 0.870 e. The summed E-state index contributed by atoms with van der Waals surface area (Å²) in [6.45, 7) is 0. The van der Waals surface area contributed by atoms with Gasteiger partial charge < -0.3 is 30.0 Å². The molecule has 0 radical (unpaired) electrons. The third-order valence-electron chi connectivity index (χ3n) is 0.167. The van der Waals surface area contributed by atoms with Crippen LogP contribution in [0.15, 0.2) is 0 Å². The van der Waals surface area contributed by atoms with E-state index in [9.17, 15) is 0 Å². The van der Waals surface area contributed by atoms with Gasteiger partial charge in [-0.15, -0.1) is 0 Å². The summed E-state index contributed by atoms with van der Waals surface area (Å²) in [5.74, 6) is 0. The van der Waals surface area contributed by atoms with Gasteiger partial charge in [0.2, 0.25) is 0 Å². The van der Waals surface area contributed by atoms with Gasteiger partial charge in [0.25, 0.3) is 12.3 Å². The third kappa shape index (κ3) is 33.9. The number of carboxylic acid groups (broad SMARTS) is 2. The van der Waals surface area contributed by atoms with Crippen LogP contribution in [0.4, 0.5) is 9.59 Å². The number of hydrogen-bond donors (Lipinski definition) is 0. The molecule has 0 aromatic heterocycles. The molecule has 0 heterocycles. The Hall–Kier alpha value is 1.70. The van der Waals surface area contributed by atoms with Crippen LogP contribution in [-0.2, 0) is 4.74 Å². The quantitative estimate of drug-likeness (QED) is 0.212. The first kappa shape index (κ1) is 29.3. The zero-order valence-electron chi connectivity index (χ0n) is 6.49. The van der Waals surface area contributed by atoms with E-state index < -0.39 is 12.3 Å². The fraction of sp³-hybridized carbons (Fsp3) is 0. The van der Waals surface area contributed by atoms with E-state index in [2.05, 4.69) is 4.74 Å². The number of rotatable bonds is 0. The van der Waals surface area contributed by atoms with Crippen molar-refractivity contribution in [2.45, 2.75) is 0 Å². The van der Waals surface area contributed by atoms with Crippen molar-refractivity contribution in [1.29, 1.82) is 0 Å². The van der Waals surface area contributed by atoms with Crippen molar-refractivity contribution in [3.63, 3.8) is 0 Å². The van der Waals surface area contributed by atoms with E-state index in [1.807, 2.05) is 0 Å². The molecular weight excluding hydrogens is 189 g/mol. The second kappa shape index (κ2) is 17.7. The van der Waals surface area contributed by atoms with Crippen LogP contribution in [0.25, 0.3) is 0 Å².